The van der Waals surface area contributed by atoms with Gasteiger partial charge in [-0.3, -0.25) is 10.1 Å². The Bertz CT molecular complexity index is 1010. The van der Waals surface area contributed by atoms with E-state index in [-0.39, 0.29) is 27.9 Å². The topological polar surface area (TPSA) is 55.2 Å². The Labute approximate surface area is 168 Å². The van der Waals surface area contributed by atoms with Gasteiger partial charge >= 0.3 is 6.18 Å². The maximum absolute atomic E-state index is 13.6. The molecule has 1 aliphatic heterocycles. The van der Waals surface area contributed by atoms with Crippen LogP contribution in [0.1, 0.15) is 35.1 Å². The second kappa shape index (κ2) is 6.67. The molecule has 2 aromatic carbocycles. The molecule has 0 saturated carbocycles. The highest BCUT2D eigenvalue weighted by atomic mass is 35.5. The highest BCUT2D eigenvalue weighted by molar-refractivity contribution is 6.33. The lowest BCUT2D eigenvalue weighted by Gasteiger charge is -2.39. The molecule has 0 aromatic heterocycles. The number of nitrogens with one attached hydrogen (secondary N) is 1. The molecular weight excluding hydrogens is 416 g/mol. The molecule has 3 atom stereocenters. The minimum atomic E-state index is -4.52. The van der Waals surface area contributed by atoms with Crippen LogP contribution in [0.25, 0.3) is 0 Å². The van der Waals surface area contributed by atoms with E-state index in [0.29, 0.717) is 17.0 Å². The largest absolute Gasteiger partial charge is 0.416 e. The molecule has 28 heavy (non-hydrogen) atoms. The molecule has 4 rings (SSSR count). The van der Waals surface area contributed by atoms with Crippen LogP contribution in [0.3, 0.4) is 0 Å². The van der Waals surface area contributed by atoms with Gasteiger partial charge in [0.05, 0.1) is 27.2 Å². The number of nitrogens with zero attached hydrogens (tertiary/aromatic N) is 1. The molecule has 1 N–H and O–H groups in total. The Morgan fingerprint density at radius 3 is 2.54 bits per heavy atom. The fourth-order valence-corrected chi connectivity index (χ4v) is 4.57. The first kappa shape index (κ1) is 19.1. The van der Waals surface area contributed by atoms with Crippen molar-refractivity contribution in [1.82, 2.24) is 0 Å². The van der Waals surface area contributed by atoms with Crippen molar-refractivity contribution in [2.24, 2.45) is 5.92 Å². The fourth-order valence-electron chi connectivity index (χ4n) is 4.11. The summed E-state index contributed by atoms with van der Waals surface area (Å²) in [6.07, 6.45) is -0.433. The van der Waals surface area contributed by atoms with Gasteiger partial charge in [-0.15, -0.1) is 0 Å². The number of hydrogen-bond acceptors (Lipinski definition) is 3. The number of anilines is 1. The zero-order chi connectivity index (χ0) is 20.2. The summed E-state index contributed by atoms with van der Waals surface area (Å²) in [5.41, 5.74) is -0.101. The SMILES string of the molecule is O=[N+]([O-])c1ccc(Cl)c([C@@H]2Nc3c(Cl)ccc(C(F)(F)F)c3[C@@H]3C=CC[C@@H]32)c1. The van der Waals surface area contributed by atoms with Crippen molar-refractivity contribution < 1.29 is 18.1 Å². The summed E-state index contributed by atoms with van der Waals surface area (Å²) in [7, 11) is 0. The van der Waals surface area contributed by atoms with Gasteiger partial charge in [-0.1, -0.05) is 35.4 Å². The molecule has 2 aromatic rings. The van der Waals surface area contributed by atoms with E-state index in [0.717, 1.165) is 6.07 Å². The normalized spacial score (nSPS) is 23.1. The van der Waals surface area contributed by atoms with Crippen LogP contribution >= 0.6 is 23.2 Å². The molecule has 0 unspecified atom stereocenters. The zero-order valence-corrected chi connectivity index (χ0v) is 15.6. The molecule has 0 saturated heterocycles. The van der Waals surface area contributed by atoms with Gasteiger partial charge in [0.25, 0.3) is 5.69 Å². The summed E-state index contributed by atoms with van der Waals surface area (Å²) < 4.78 is 40.8. The van der Waals surface area contributed by atoms with Crippen molar-refractivity contribution in [2.75, 3.05) is 5.32 Å². The molecule has 0 bridgehead atoms. The molecule has 146 valence electrons. The lowest BCUT2D eigenvalue weighted by Crippen LogP contribution is -2.31. The highest BCUT2D eigenvalue weighted by Gasteiger charge is 2.45. The van der Waals surface area contributed by atoms with E-state index in [1.165, 1.54) is 24.3 Å². The third-order valence-electron chi connectivity index (χ3n) is 5.30. The predicted molar refractivity (Wildman–Crippen MR) is 101 cm³/mol. The molecule has 0 amide bonds. The zero-order valence-electron chi connectivity index (χ0n) is 14.1. The van der Waals surface area contributed by atoms with Crippen LogP contribution in [0, 0.1) is 16.0 Å². The third kappa shape index (κ3) is 3.02. The number of nitro groups is 1. The number of benzene rings is 2. The first-order valence-corrected chi connectivity index (χ1v) is 9.20. The standard InChI is InChI=1S/C19H13Cl2F3N2O2/c20-14-6-4-9(26(27)28)8-12(14)17-11-3-1-2-10(11)16-13(19(22,23)24)5-7-15(21)18(16)25-17/h1-2,4-8,10-11,17,25H,3H2/t10-,11+,17-/m1/s1. The number of allylic oxidation sites excluding steroid dienone is 2. The Morgan fingerprint density at radius 2 is 1.86 bits per heavy atom. The molecule has 1 aliphatic carbocycles. The maximum Gasteiger partial charge on any atom is 0.416 e. The Kier molecular flexibility index (Phi) is 4.55. The quantitative estimate of drug-likeness (QED) is 0.327. The van der Waals surface area contributed by atoms with Gasteiger partial charge in [0.1, 0.15) is 0 Å². The summed E-state index contributed by atoms with van der Waals surface area (Å²) in [6.45, 7) is 0. The molecule has 9 heteroatoms. The average Bonchev–Trinajstić information content (AvgIpc) is 3.10. The van der Waals surface area contributed by atoms with E-state index in [4.69, 9.17) is 23.2 Å². The lowest BCUT2D eigenvalue weighted by atomic mass is 9.75. The molecule has 0 fully saturated rings. The summed E-state index contributed by atoms with van der Waals surface area (Å²) in [5, 5.41) is 14.7. The van der Waals surface area contributed by atoms with Gasteiger partial charge in [-0.05, 0) is 36.1 Å². The van der Waals surface area contributed by atoms with E-state index in [1.54, 1.807) is 6.08 Å². The first-order valence-electron chi connectivity index (χ1n) is 8.45. The fraction of sp³-hybridized carbons (Fsp3) is 0.263. The van der Waals surface area contributed by atoms with Crippen molar-refractivity contribution >= 4 is 34.6 Å². The lowest BCUT2D eigenvalue weighted by molar-refractivity contribution is -0.384. The summed E-state index contributed by atoms with van der Waals surface area (Å²) in [4.78, 5) is 10.6. The average molecular weight is 429 g/mol. The van der Waals surface area contributed by atoms with Crippen LogP contribution in [-0.2, 0) is 6.18 Å². The number of hydrogen-bond donors (Lipinski definition) is 1. The summed E-state index contributed by atoms with van der Waals surface area (Å²) in [6, 6.07) is 5.77. The molecule has 0 spiro atoms. The highest BCUT2D eigenvalue weighted by Crippen LogP contribution is 2.55. The number of rotatable bonds is 2. The van der Waals surface area contributed by atoms with Crippen molar-refractivity contribution in [3.63, 3.8) is 0 Å². The number of alkyl halides is 3. The van der Waals surface area contributed by atoms with Gasteiger partial charge in [0.2, 0.25) is 0 Å². The van der Waals surface area contributed by atoms with Crippen LogP contribution in [-0.4, -0.2) is 4.92 Å². The monoisotopic (exact) mass is 428 g/mol. The number of non-ortho nitro benzene ring substituents is 1. The van der Waals surface area contributed by atoms with Gasteiger partial charge in [-0.25, -0.2) is 0 Å². The van der Waals surface area contributed by atoms with Crippen LogP contribution in [0.5, 0.6) is 0 Å². The predicted octanol–water partition coefficient (Wildman–Crippen LogP) is 6.75. The Balaban J connectivity index is 1.89. The smallest absolute Gasteiger partial charge is 0.376 e. The molecule has 4 nitrogen and oxygen atoms in total. The van der Waals surface area contributed by atoms with Gasteiger partial charge in [0, 0.05) is 28.6 Å². The van der Waals surface area contributed by atoms with Crippen molar-refractivity contribution in [3.8, 4) is 0 Å². The van der Waals surface area contributed by atoms with Gasteiger partial charge in [0.15, 0.2) is 0 Å². The van der Waals surface area contributed by atoms with Gasteiger partial charge in [-0.2, -0.15) is 13.2 Å². The summed E-state index contributed by atoms with van der Waals surface area (Å²) >= 11 is 12.5. The summed E-state index contributed by atoms with van der Waals surface area (Å²) in [5.74, 6) is -0.793. The number of halogens is 5. The van der Waals surface area contributed by atoms with Gasteiger partial charge < -0.3 is 5.32 Å². The third-order valence-corrected chi connectivity index (χ3v) is 5.96. The molecular formula is C19H13Cl2F3N2O2. The van der Waals surface area contributed by atoms with Crippen molar-refractivity contribution in [2.45, 2.75) is 24.6 Å². The molecule has 1 heterocycles. The number of fused-ring (bicyclic) bond motifs is 3. The minimum absolute atomic E-state index is 0.108. The second-order valence-corrected chi connectivity index (χ2v) is 7.63. The van der Waals surface area contributed by atoms with Crippen LogP contribution < -0.4 is 5.32 Å². The van der Waals surface area contributed by atoms with Crippen LogP contribution in [0.15, 0.2) is 42.5 Å². The van der Waals surface area contributed by atoms with E-state index >= 15 is 0 Å². The van der Waals surface area contributed by atoms with E-state index in [9.17, 15) is 23.3 Å². The van der Waals surface area contributed by atoms with E-state index in [1.807, 2.05) is 6.08 Å². The van der Waals surface area contributed by atoms with Crippen molar-refractivity contribution in [3.05, 3.63) is 79.3 Å². The minimum Gasteiger partial charge on any atom is -0.376 e. The Morgan fingerprint density at radius 1 is 1.14 bits per heavy atom. The van der Waals surface area contributed by atoms with E-state index in [2.05, 4.69) is 5.32 Å². The number of nitro benzene ring substituents is 1. The molecule has 2 aliphatic rings. The first-order chi connectivity index (χ1) is 13.2. The molecule has 0 radical (unpaired) electrons. The maximum atomic E-state index is 13.6. The van der Waals surface area contributed by atoms with E-state index < -0.39 is 28.6 Å². The van der Waals surface area contributed by atoms with Crippen LogP contribution in [0.4, 0.5) is 24.5 Å². The second-order valence-electron chi connectivity index (χ2n) is 6.82. The van der Waals surface area contributed by atoms with Crippen molar-refractivity contribution in [1.29, 1.82) is 0 Å². The van der Waals surface area contributed by atoms with Crippen LogP contribution in [0.2, 0.25) is 10.0 Å². The Hall–Kier alpha value is -2.25.